The number of fused-ring (bicyclic) bond motifs is 3. The van der Waals surface area contributed by atoms with Crippen molar-refractivity contribution >= 4 is 28.6 Å². The van der Waals surface area contributed by atoms with Crippen molar-refractivity contribution in [3.63, 3.8) is 0 Å². The van der Waals surface area contributed by atoms with E-state index in [0.29, 0.717) is 11.5 Å². The number of amides is 1. The number of hydrogen-bond donors (Lipinski definition) is 2. The molecule has 2 unspecified atom stereocenters. The summed E-state index contributed by atoms with van der Waals surface area (Å²) in [6.45, 7) is 1.64. The summed E-state index contributed by atoms with van der Waals surface area (Å²) in [4.78, 5) is 22.6. The molecule has 2 aliphatic rings. The highest BCUT2D eigenvalue weighted by Crippen LogP contribution is 2.33. The first-order valence-corrected chi connectivity index (χ1v) is 9.27. The van der Waals surface area contributed by atoms with Gasteiger partial charge in [0, 0.05) is 31.4 Å². The molecule has 0 spiro atoms. The molecule has 144 valence electrons. The second-order valence-corrected chi connectivity index (χ2v) is 7.25. The van der Waals surface area contributed by atoms with Gasteiger partial charge in [0.1, 0.15) is 5.82 Å². The molecular formula is C19H20N6O3. The molecule has 9 nitrogen and oxygen atoms in total. The van der Waals surface area contributed by atoms with Crippen LogP contribution in [-0.4, -0.2) is 56.2 Å². The Kier molecular flexibility index (Phi) is 3.90. The molecule has 0 aliphatic carbocycles. The van der Waals surface area contributed by atoms with Crippen LogP contribution in [-0.2, 0) is 11.8 Å². The molecule has 1 amide bonds. The highest BCUT2D eigenvalue weighted by molar-refractivity contribution is 5.89. The van der Waals surface area contributed by atoms with Crippen LogP contribution in [0.2, 0.25) is 0 Å². The SMILES string of the molecule is Cn1ncc2c(N3CC4CCC(C3)O4)nc(-c3ccc(NC(=O)O)cc3)nc21. The van der Waals surface area contributed by atoms with Gasteiger partial charge in [0.05, 0.1) is 23.8 Å². The smallest absolute Gasteiger partial charge is 0.409 e. The lowest BCUT2D eigenvalue weighted by Gasteiger charge is -2.33. The number of hydrogen-bond acceptors (Lipinski definition) is 6. The summed E-state index contributed by atoms with van der Waals surface area (Å²) in [6, 6.07) is 7.04. The summed E-state index contributed by atoms with van der Waals surface area (Å²) in [6.07, 6.45) is 3.41. The highest BCUT2D eigenvalue weighted by Gasteiger charge is 2.35. The van der Waals surface area contributed by atoms with E-state index in [-0.39, 0.29) is 12.2 Å². The molecule has 2 atom stereocenters. The topological polar surface area (TPSA) is 105 Å². The molecule has 0 saturated carbocycles. The first kappa shape index (κ1) is 16.9. The van der Waals surface area contributed by atoms with Crippen molar-refractivity contribution in [2.45, 2.75) is 25.0 Å². The number of carbonyl (C=O) groups is 1. The van der Waals surface area contributed by atoms with Gasteiger partial charge in [-0.15, -0.1) is 0 Å². The second-order valence-electron chi connectivity index (χ2n) is 7.25. The van der Waals surface area contributed by atoms with Gasteiger partial charge in [-0.1, -0.05) is 0 Å². The number of carboxylic acid groups (broad SMARTS) is 1. The van der Waals surface area contributed by atoms with Crippen LogP contribution in [0.5, 0.6) is 0 Å². The van der Waals surface area contributed by atoms with Gasteiger partial charge in [-0.2, -0.15) is 5.10 Å². The van der Waals surface area contributed by atoms with Gasteiger partial charge in [0.25, 0.3) is 0 Å². The van der Waals surface area contributed by atoms with Crippen LogP contribution in [0.1, 0.15) is 12.8 Å². The Morgan fingerprint density at radius 2 is 1.89 bits per heavy atom. The van der Waals surface area contributed by atoms with E-state index in [4.69, 9.17) is 19.8 Å². The average Bonchev–Trinajstić information content (AvgIpc) is 3.23. The number of aryl methyl sites for hydroxylation is 1. The number of ether oxygens (including phenoxy) is 1. The molecule has 2 saturated heterocycles. The largest absolute Gasteiger partial charge is 0.465 e. The van der Waals surface area contributed by atoms with Gasteiger partial charge in [-0.05, 0) is 37.1 Å². The number of anilines is 2. The van der Waals surface area contributed by atoms with Crippen LogP contribution in [0.25, 0.3) is 22.4 Å². The summed E-state index contributed by atoms with van der Waals surface area (Å²) < 4.78 is 7.71. The monoisotopic (exact) mass is 380 g/mol. The number of rotatable bonds is 3. The summed E-state index contributed by atoms with van der Waals surface area (Å²) in [7, 11) is 1.87. The van der Waals surface area contributed by atoms with Crippen molar-refractivity contribution < 1.29 is 14.6 Å². The molecule has 2 bridgehead atoms. The normalized spacial score (nSPS) is 21.2. The van der Waals surface area contributed by atoms with Gasteiger partial charge in [0.2, 0.25) is 0 Å². The van der Waals surface area contributed by atoms with Gasteiger partial charge < -0.3 is 14.7 Å². The lowest BCUT2D eigenvalue weighted by Crippen LogP contribution is -2.43. The van der Waals surface area contributed by atoms with Crippen LogP contribution >= 0.6 is 0 Å². The summed E-state index contributed by atoms with van der Waals surface area (Å²) >= 11 is 0. The average molecular weight is 380 g/mol. The summed E-state index contributed by atoms with van der Waals surface area (Å²) in [5, 5.41) is 16.5. The van der Waals surface area contributed by atoms with E-state index in [0.717, 1.165) is 48.3 Å². The molecule has 3 aromatic rings. The molecule has 1 aromatic carbocycles. The summed E-state index contributed by atoms with van der Waals surface area (Å²) in [5.74, 6) is 1.47. The summed E-state index contributed by atoms with van der Waals surface area (Å²) in [5.41, 5.74) is 2.09. The molecule has 28 heavy (non-hydrogen) atoms. The first-order valence-electron chi connectivity index (χ1n) is 9.27. The second kappa shape index (κ2) is 6.45. The molecule has 4 heterocycles. The number of aromatic nitrogens is 4. The number of nitrogens with zero attached hydrogens (tertiary/aromatic N) is 5. The fraction of sp³-hybridized carbons (Fsp3) is 0.368. The van der Waals surface area contributed by atoms with Crippen molar-refractivity contribution in [1.29, 1.82) is 0 Å². The van der Waals surface area contributed by atoms with Crippen LogP contribution in [0.3, 0.4) is 0 Å². The van der Waals surface area contributed by atoms with Gasteiger partial charge in [0.15, 0.2) is 11.5 Å². The fourth-order valence-corrected chi connectivity index (χ4v) is 3.99. The number of nitrogens with one attached hydrogen (secondary N) is 1. The van der Waals surface area contributed by atoms with E-state index in [9.17, 15) is 4.79 Å². The van der Waals surface area contributed by atoms with Gasteiger partial charge >= 0.3 is 6.09 Å². The van der Waals surface area contributed by atoms with Crippen molar-refractivity contribution in [3.8, 4) is 11.4 Å². The Labute approximate surface area is 161 Å². The van der Waals surface area contributed by atoms with Gasteiger partial charge in [-0.25, -0.2) is 14.8 Å². The third-order valence-corrected chi connectivity index (χ3v) is 5.31. The molecule has 0 radical (unpaired) electrons. The van der Waals surface area contributed by atoms with Crippen LogP contribution < -0.4 is 10.2 Å². The molecule has 2 N–H and O–H groups in total. The standard InChI is InChI=1S/C19H20N6O3/c1-24-17-15(8-20-24)18(25-9-13-6-7-14(10-25)28-13)23-16(22-17)11-2-4-12(5-3-11)21-19(26)27/h2-5,8,13-14,21H,6-7,9-10H2,1H3,(H,26,27). The van der Waals surface area contributed by atoms with E-state index >= 15 is 0 Å². The van der Waals surface area contributed by atoms with Gasteiger partial charge in [-0.3, -0.25) is 10.00 Å². The zero-order chi connectivity index (χ0) is 19.3. The predicted octanol–water partition coefficient (Wildman–Crippen LogP) is 2.49. The van der Waals surface area contributed by atoms with Crippen LogP contribution in [0.4, 0.5) is 16.3 Å². The maximum absolute atomic E-state index is 10.8. The zero-order valence-electron chi connectivity index (χ0n) is 15.4. The third-order valence-electron chi connectivity index (χ3n) is 5.31. The molecule has 2 aliphatic heterocycles. The number of morpholine rings is 1. The molecule has 2 fully saturated rings. The van der Waals surface area contributed by atoms with Crippen molar-refractivity contribution in [1.82, 2.24) is 19.7 Å². The molecule has 5 rings (SSSR count). The minimum atomic E-state index is -1.09. The van der Waals surface area contributed by atoms with E-state index < -0.39 is 6.09 Å². The Balaban J connectivity index is 1.56. The minimum Gasteiger partial charge on any atom is -0.465 e. The third kappa shape index (κ3) is 2.93. The Hall–Kier alpha value is -3.20. The quantitative estimate of drug-likeness (QED) is 0.719. The number of benzene rings is 1. The van der Waals surface area contributed by atoms with E-state index in [1.54, 1.807) is 16.8 Å². The Morgan fingerprint density at radius 1 is 1.18 bits per heavy atom. The minimum absolute atomic E-state index is 0.255. The maximum Gasteiger partial charge on any atom is 0.409 e. The molecule has 2 aromatic heterocycles. The van der Waals surface area contributed by atoms with Crippen molar-refractivity contribution in [3.05, 3.63) is 30.5 Å². The van der Waals surface area contributed by atoms with E-state index in [1.807, 2.05) is 25.4 Å². The fourth-order valence-electron chi connectivity index (χ4n) is 3.99. The molecular weight excluding hydrogens is 360 g/mol. The molecule has 9 heteroatoms. The van der Waals surface area contributed by atoms with Crippen LogP contribution in [0, 0.1) is 0 Å². The highest BCUT2D eigenvalue weighted by atomic mass is 16.5. The lowest BCUT2D eigenvalue weighted by atomic mass is 10.2. The van der Waals surface area contributed by atoms with E-state index in [1.165, 1.54) is 0 Å². The Bertz CT molecular complexity index is 1040. The van der Waals surface area contributed by atoms with E-state index in [2.05, 4.69) is 15.3 Å². The predicted molar refractivity (Wildman–Crippen MR) is 103 cm³/mol. The van der Waals surface area contributed by atoms with Crippen LogP contribution in [0.15, 0.2) is 30.5 Å². The Morgan fingerprint density at radius 3 is 2.57 bits per heavy atom. The zero-order valence-corrected chi connectivity index (χ0v) is 15.4. The van der Waals surface area contributed by atoms with Crippen molar-refractivity contribution in [2.24, 2.45) is 7.05 Å². The first-order chi connectivity index (χ1) is 13.6. The maximum atomic E-state index is 10.8. The lowest BCUT2D eigenvalue weighted by molar-refractivity contribution is 0.0303. The van der Waals surface area contributed by atoms with Crippen molar-refractivity contribution in [2.75, 3.05) is 23.3 Å².